The van der Waals surface area contributed by atoms with Crippen LogP contribution in [0.4, 0.5) is 5.69 Å². The summed E-state index contributed by atoms with van der Waals surface area (Å²) in [6.45, 7) is 1.73. The molecule has 3 amide bonds. The molecule has 0 aliphatic carbocycles. The quantitative estimate of drug-likeness (QED) is 0.609. The number of carbonyl (C=O) groups is 3. The van der Waals surface area contributed by atoms with E-state index in [-0.39, 0.29) is 12.6 Å². The van der Waals surface area contributed by atoms with E-state index in [0.717, 1.165) is 10.5 Å². The van der Waals surface area contributed by atoms with Crippen LogP contribution in [0.5, 0.6) is 5.75 Å². The predicted octanol–water partition coefficient (Wildman–Crippen LogP) is 3.90. The molecule has 1 aliphatic rings. The zero-order chi connectivity index (χ0) is 21.3. The average Bonchev–Trinajstić information content (AvgIpc) is 3.01. The molecule has 3 aromatic carbocycles. The Balaban J connectivity index is 1.72. The van der Waals surface area contributed by atoms with Gasteiger partial charge >= 0.3 is 0 Å². The highest BCUT2D eigenvalue weighted by atomic mass is 16.5. The third kappa shape index (κ3) is 3.43. The van der Waals surface area contributed by atoms with Crippen LogP contribution in [0.25, 0.3) is 0 Å². The maximum atomic E-state index is 13.4. The van der Waals surface area contributed by atoms with E-state index in [0.29, 0.717) is 28.1 Å². The first-order valence-corrected chi connectivity index (χ1v) is 9.47. The number of methoxy groups -OCH3 is 1. The number of nitrogens with zero attached hydrogens (tertiary/aromatic N) is 2. The zero-order valence-electron chi connectivity index (χ0n) is 16.7. The molecule has 0 unspecified atom stereocenters. The average molecular weight is 400 g/mol. The second kappa shape index (κ2) is 7.83. The van der Waals surface area contributed by atoms with E-state index in [4.69, 9.17) is 4.74 Å². The van der Waals surface area contributed by atoms with Crippen LogP contribution >= 0.6 is 0 Å². The first-order valence-electron chi connectivity index (χ1n) is 9.47. The number of hydrogen-bond donors (Lipinski definition) is 0. The van der Waals surface area contributed by atoms with E-state index in [1.807, 2.05) is 25.1 Å². The summed E-state index contributed by atoms with van der Waals surface area (Å²) >= 11 is 0. The summed E-state index contributed by atoms with van der Waals surface area (Å²) in [6.07, 6.45) is 0. The molecule has 6 heteroatoms. The Morgan fingerprint density at radius 2 is 1.57 bits per heavy atom. The van der Waals surface area contributed by atoms with Gasteiger partial charge < -0.3 is 4.74 Å². The number of carbonyl (C=O) groups excluding carboxylic acids is 3. The van der Waals surface area contributed by atoms with Crippen LogP contribution < -0.4 is 9.64 Å². The smallest absolute Gasteiger partial charge is 0.263 e. The first-order chi connectivity index (χ1) is 14.5. The molecule has 6 nitrogen and oxygen atoms in total. The second-order valence-electron chi connectivity index (χ2n) is 7.03. The fourth-order valence-electron chi connectivity index (χ4n) is 3.48. The predicted molar refractivity (Wildman–Crippen MR) is 113 cm³/mol. The summed E-state index contributed by atoms with van der Waals surface area (Å²) in [4.78, 5) is 41.7. The topological polar surface area (TPSA) is 66.9 Å². The molecule has 0 aromatic heterocycles. The van der Waals surface area contributed by atoms with Gasteiger partial charge in [-0.2, -0.15) is 0 Å². The monoisotopic (exact) mass is 400 g/mol. The fraction of sp³-hybridized carbons (Fsp3) is 0.125. The molecule has 0 fully saturated rings. The Morgan fingerprint density at radius 3 is 2.20 bits per heavy atom. The van der Waals surface area contributed by atoms with Crippen molar-refractivity contribution in [2.75, 3.05) is 18.7 Å². The molecule has 4 rings (SSSR count). The molecule has 1 aliphatic heterocycles. The van der Waals surface area contributed by atoms with Crippen molar-refractivity contribution in [1.82, 2.24) is 4.90 Å². The molecule has 3 aromatic rings. The van der Waals surface area contributed by atoms with Crippen LogP contribution in [0.2, 0.25) is 0 Å². The molecule has 150 valence electrons. The minimum absolute atomic E-state index is 0.189. The maximum Gasteiger partial charge on any atom is 0.263 e. The van der Waals surface area contributed by atoms with Crippen LogP contribution in [0.3, 0.4) is 0 Å². The molecule has 1 heterocycles. The van der Waals surface area contributed by atoms with E-state index < -0.39 is 11.8 Å². The number of rotatable bonds is 5. The highest BCUT2D eigenvalue weighted by Gasteiger charge is 2.37. The van der Waals surface area contributed by atoms with Crippen molar-refractivity contribution in [2.24, 2.45) is 0 Å². The van der Waals surface area contributed by atoms with Crippen molar-refractivity contribution in [2.45, 2.75) is 6.92 Å². The summed E-state index contributed by atoms with van der Waals surface area (Å²) < 4.78 is 5.23. The second-order valence-corrected chi connectivity index (χ2v) is 7.03. The van der Waals surface area contributed by atoms with Crippen LogP contribution in [0.1, 0.15) is 36.6 Å². The first kappa shape index (κ1) is 19.4. The summed E-state index contributed by atoms with van der Waals surface area (Å²) in [7, 11) is 1.53. The molecule has 30 heavy (non-hydrogen) atoms. The lowest BCUT2D eigenvalue weighted by atomic mass is 10.1. The lowest BCUT2D eigenvalue weighted by Gasteiger charge is -2.27. The number of amides is 3. The summed E-state index contributed by atoms with van der Waals surface area (Å²) in [5, 5.41) is 0. The molecule has 0 N–H and O–H groups in total. The molecular formula is C24H20N2O4. The van der Waals surface area contributed by atoms with Crippen molar-refractivity contribution in [3.63, 3.8) is 0 Å². The molecular weight excluding hydrogens is 380 g/mol. The van der Waals surface area contributed by atoms with Gasteiger partial charge in [0.15, 0.2) is 0 Å². The van der Waals surface area contributed by atoms with Gasteiger partial charge in [-0.3, -0.25) is 24.2 Å². The Kier molecular flexibility index (Phi) is 5.06. The van der Waals surface area contributed by atoms with Crippen molar-refractivity contribution in [3.8, 4) is 5.75 Å². The van der Waals surface area contributed by atoms with Gasteiger partial charge in [-0.05, 0) is 55.0 Å². The summed E-state index contributed by atoms with van der Waals surface area (Å²) in [5.41, 5.74) is 2.64. The number of ether oxygens (including phenoxy) is 1. The number of aryl methyl sites for hydroxylation is 1. The van der Waals surface area contributed by atoms with Crippen molar-refractivity contribution >= 4 is 23.4 Å². The normalized spacial score (nSPS) is 12.7. The third-order valence-electron chi connectivity index (χ3n) is 5.04. The minimum atomic E-state index is -0.410. The number of fused-ring (bicyclic) bond motifs is 1. The van der Waals surface area contributed by atoms with Gasteiger partial charge in [0.25, 0.3) is 17.7 Å². The summed E-state index contributed by atoms with van der Waals surface area (Å²) in [5.74, 6) is -0.611. The lowest BCUT2D eigenvalue weighted by Crippen LogP contribution is -2.44. The summed E-state index contributed by atoms with van der Waals surface area (Å²) in [6, 6.07) is 20.8. The van der Waals surface area contributed by atoms with E-state index in [1.54, 1.807) is 54.6 Å². The van der Waals surface area contributed by atoms with Gasteiger partial charge in [0, 0.05) is 11.3 Å². The Bertz CT molecular complexity index is 1120. The van der Waals surface area contributed by atoms with Crippen molar-refractivity contribution < 1.29 is 19.1 Å². The van der Waals surface area contributed by atoms with E-state index in [1.165, 1.54) is 12.0 Å². The van der Waals surface area contributed by atoms with Gasteiger partial charge in [0.1, 0.15) is 12.4 Å². The highest BCUT2D eigenvalue weighted by Crippen LogP contribution is 2.26. The lowest BCUT2D eigenvalue weighted by molar-refractivity contribution is 0.0650. The maximum absolute atomic E-state index is 13.4. The number of imide groups is 1. The Morgan fingerprint density at radius 1 is 0.900 bits per heavy atom. The standard InChI is InChI=1S/C24H20N2O4/c1-16-7-5-9-18(13-16)25(22(27)17-8-6-10-19(14-17)30-2)15-26-23(28)20-11-3-4-12-21(20)24(26)29/h3-14H,15H2,1-2H3. The molecule has 0 radical (unpaired) electrons. The van der Waals surface area contributed by atoms with Gasteiger partial charge in [-0.1, -0.05) is 30.3 Å². The molecule has 0 saturated heterocycles. The van der Waals surface area contributed by atoms with Crippen LogP contribution in [0.15, 0.2) is 72.8 Å². The molecule has 0 atom stereocenters. The van der Waals surface area contributed by atoms with Gasteiger partial charge in [-0.25, -0.2) is 0 Å². The molecule has 0 saturated carbocycles. The third-order valence-corrected chi connectivity index (χ3v) is 5.04. The van der Waals surface area contributed by atoms with Crippen LogP contribution in [-0.2, 0) is 0 Å². The van der Waals surface area contributed by atoms with E-state index >= 15 is 0 Å². The number of benzene rings is 3. The highest BCUT2D eigenvalue weighted by molar-refractivity contribution is 6.22. The Labute approximate surface area is 174 Å². The van der Waals surface area contributed by atoms with Crippen LogP contribution in [0, 0.1) is 6.92 Å². The van der Waals surface area contributed by atoms with Crippen molar-refractivity contribution in [3.05, 3.63) is 95.1 Å². The number of anilines is 1. The van der Waals surface area contributed by atoms with Crippen LogP contribution in [-0.4, -0.2) is 36.4 Å². The number of hydrogen-bond acceptors (Lipinski definition) is 4. The SMILES string of the molecule is COc1cccc(C(=O)N(CN2C(=O)c3ccccc3C2=O)c2cccc(C)c2)c1. The molecule has 0 bridgehead atoms. The largest absolute Gasteiger partial charge is 0.497 e. The Hall–Kier alpha value is -3.93. The van der Waals surface area contributed by atoms with E-state index in [2.05, 4.69) is 0 Å². The zero-order valence-corrected chi connectivity index (χ0v) is 16.7. The molecule has 0 spiro atoms. The van der Waals surface area contributed by atoms with Crippen molar-refractivity contribution in [1.29, 1.82) is 0 Å². The van der Waals surface area contributed by atoms with Gasteiger partial charge in [0.2, 0.25) is 0 Å². The van der Waals surface area contributed by atoms with Gasteiger partial charge in [0.05, 0.1) is 18.2 Å². The fourth-order valence-corrected chi connectivity index (χ4v) is 3.48. The van der Waals surface area contributed by atoms with E-state index in [9.17, 15) is 14.4 Å². The van der Waals surface area contributed by atoms with Gasteiger partial charge in [-0.15, -0.1) is 0 Å². The minimum Gasteiger partial charge on any atom is -0.497 e.